The van der Waals surface area contributed by atoms with Crippen LogP contribution in [0, 0.1) is 5.92 Å². The standard InChI is InChI=1S/C8H19NO.2C2H6/c1-4-9-8(6-10)5-7(2)3;2*1-2/h7-10H,4-6H2,1-3H3;2*1-2H3. The van der Waals surface area contributed by atoms with Gasteiger partial charge in [-0.05, 0) is 18.9 Å². The fraction of sp³-hybridized carbons (Fsp3) is 1.00. The summed E-state index contributed by atoms with van der Waals surface area (Å²) in [5, 5.41) is 12.1. The highest BCUT2D eigenvalue weighted by Crippen LogP contribution is 2.03. The monoisotopic (exact) mass is 205 g/mol. The Bertz CT molecular complexity index is 74.7. The van der Waals surface area contributed by atoms with Gasteiger partial charge in [0.25, 0.3) is 0 Å². The molecule has 0 bridgehead atoms. The van der Waals surface area contributed by atoms with Gasteiger partial charge in [0.15, 0.2) is 0 Å². The van der Waals surface area contributed by atoms with Gasteiger partial charge in [-0.15, -0.1) is 0 Å². The maximum Gasteiger partial charge on any atom is 0.0584 e. The second-order valence-electron chi connectivity index (χ2n) is 3.07. The van der Waals surface area contributed by atoms with Crippen LogP contribution in [0.5, 0.6) is 0 Å². The smallest absolute Gasteiger partial charge is 0.0584 e. The van der Waals surface area contributed by atoms with Crippen LogP contribution in [-0.2, 0) is 0 Å². The Morgan fingerprint density at radius 1 is 1.07 bits per heavy atom. The SMILES string of the molecule is CC.CC.CCNC(CO)CC(C)C. The number of hydrogen-bond acceptors (Lipinski definition) is 2. The van der Waals surface area contributed by atoms with Crippen molar-refractivity contribution in [3.63, 3.8) is 0 Å². The third-order valence-corrected chi connectivity index (χ3v) is 1.47. The predicted octanol–water partition coefficient (Wildman–Crippen LogP) is 3.06. The van der Waals surface area contributed by atoms with E-state index in [1.165, 1.54) is 0 Å². The van der Waals surface area contributed by atoms with Crippen molar-refractivity contribution < 1.29 is 5.11 Å². The van der Waals surface area contributed by atoms with E-state index in [9.17, 15) is 0 Å². The Hall–Kier alpha value is -0.0800. The highest BCUT2D eigenvalue weighted by Gasteiger charge is 2.06. The predicted molar refractivity (Wildman–Crippen MR) is 66.7 cm³/mol. The zero-order valence-electron chi connectivity index (χ0n) is 11.2. The average Bonchev–Trinajstić information content (AvgIpc) is 2.22. The Kier molecular flexibility index (Phi) is 26.0. The molecule has 0 aliphatic carbocycles. The van der Waals surface area contributed by atoms with E-state index in [0.717, 1.165) is 13.0 Å². The van der Waals surface area contributed by atoms with Crippen LogP contribution in [0.3, 0.4) is 0 Å². The van der Waals surface area contributed by atoms with E-state index in [1.807, 2.05) is 27.7 Å². The molecule has 0 heterocycles. The lowest BCUT2D eigenvalue weighted by molar-refractivity contribution is 0.226. The number of aliphatic hydroxyl groups excluding tert-OH is 1. The molecule has 0 saturated carbocycles. The molecule has 0 saturated heterocycles. The van der Waals surface area contributed by atoms with Gasteiger partial charge >= 0.3 is 0 Å². The van der Waals surface area contributed by atoms with Gasteiger partial charge in [-0.1, -0.05) is 48.5 Å². The molecule has 14 heavy (non-hydrogen) atoms. The fourth-order valence-electron chi connectivity index (χ4n) is 1.08. The summed E-state index contributed by atoms with van der Waals surface area (Å²) in [5.74, 6) is 0.663. The van der Waals surface area contributed by atoms with Crippen molar-refractivity contribution in [1.29, 1.82) is 0 Å². The molecule has 0 amide bonds. The van der Waals surface area contributed by atoms with Crippen LogP contribution in [0.15, 0.2) is 0 Å². The van der Waals surface area contributed by atoms with Crippen molar-refractivity contribution in [2.75, 3.05) is 13.2 Å². The molecule has 0 rings (SSSR count). The van der Waals surface area contributed by atoms with E-state index >= 15 is 0 Å². The zero-order valence-corrected chi connectivity index (χ0v) is 11.2. The largest absolute Gasteiger partial charge is 0.395 e. The van der Waals surface area contributed by atoms with Crippen molar-refractivity contribution in [2.45, 2.75) is 60.9 Å². The lowest BCUT2D eigenvalue weighted by Crippen LogP contribution is -2.33. The van der Waals surface area contributed by atoms with E-state index in [2.05, 4.69) is 26.1 Å². The van der Waals surface area contributed by atoms with Crippen LogP contribution in [0.2, 0.25) is 0 Å². The van der Waals surface area contributed by atoms with Crippen LogP contribution in [0.25, 0.3) is 0 Å². The maximum absolute atomic E-state index is 8.84. The van der Waals surface area contributed by atoms with E-state index in [1.54, 1.807) is 0 Å². The molecular weight excluding hydrogens is 174 g/mol. The van der Waals surface area contributed by atoms with Crippen LogP contribution < -0.4 is 5.32 Å². The lowest BCUT2D eigenvalue weighted by atomic mass is 10.0. The Morgan fingerprint density at radius 3 is 1.71 bits per heavy atom. The van der Waals surface area contributed by atoms with Gasteiger partial charge in [-0.25, -0.2) is 0 Å². The number of rotatable bonds is 5. The molecule has 1 unspecified atom stereocenters. The highest BCUT2D eigenvalue weighted by molar-refractivity contribution is 4.65. The minimum atomic E-state index is 0.256. The van der Waals surface area contributed by atoms with Crippen molar-refractivity contribution >= 4 is 0 Å². The summed E-state index contributed by atoms with van der Waals surface area (Å²) < 4.78 is 0. The van der Waals surface area contributed by atoms with Gasteiger partial charge in [-0.2, -0.15) is 0 Å². The highest BCUT2D eigenvalue weighted by atomic mass is 16.3. The van der Waals surface area contributed by atoms with Crippen molar-refractivity contribution in [1.82, 2.24) is 5.32 Å². The summed E-state index contributed by atoms with van der Waals surface area (Å²) in [6.07, 6.45) is 1.06. The summed E-state index contributed by atoms with van der Waals surface area (Å²) in [7, 11) is 0. The Balaban J connectivity index is -0.000000266. The summed E-state index contributed by atoms with van der Waals surface area (Å²) in [5.41, 5.74) is 0. The Labute approximate surface area is 91.1 Å². The number of likely N-dealkylation sites (N-methyl/N-ethyl adjacent to an activating group) is 1. The second kappa shape index (κ2) is 18.7. The lowest BCUT2D eigenvalue weighted by Gasteiger charge is -2.16. The van der Waals surface area contributed by atoms with Gasteiger partial charge in [0, 0.05) is 6.04 Å². The van der Waals surface area contributed by atoms with Gasteiger partial charge in [0.2, 0.25) is 0 Å². The first kappa shape index (κ1) is 19.5. The third-order valence-electron chi connectivity index (χ3n) is 1.47. The zero-order chi connectivity index (χ0) is 12.0. The molecule has 2 heteroatoms. The molecule has 0 spiro atoms. The van der Waals surface area contributed by atoms with Crippen LogP contribution in [-0.4, -0.2) is 24.3 Å². The molecule has 2 nitrogen and oxygen atoms in total. The minimum Gasteiger partial charge on any atom is -0.395 e. The molecule has 0 aliphatic heterocycles. The summed E-state index contributed by atoms with van der Waals surface area (Å²) in [6.45, 7) is 15.6. The molecule has 90 valence electrons. The van der Waals surface area contributed by atoms with E-state index in [4.69, 9.17) is 5.11 Å². The van der Waals surface area contributed by atoms with Gasteiger partial charge in [0.1, 0.15) is 0 Å². The number of nitrogens with one attached hydrogen (secondary N) is 1. The van der Waals surface area contributed by atoms with Gasteiger partial charge in [0.05, 0.1) is 6.61 Å². The summed E-state index contributed by atoms with van der Waals surface area (Å²) in [6, 6.07) is 0.296. The van der Waals surface area contributed by atoms with Crippen LogP contribution in [0.4, 0.5) is 0 Å². The van der Waals surface area contributed by atoms with Crippen LogP contribution >= 0.6 is 0 Å². The number of hydrogen-bond donors (Lipinski definition) is 2. The maximum atomic E-state index is 8.84. The molecule has 0 aromatic rings. The molecule has 2 N–H and O–H groups in total. The summed E-state index contributed by atoms with van der Waals surface area (Å²) >= 11 is 0. The molecule has 0 aliphatic rings. The van der Waals surface area contributed by atoms with E-state index in [-0.39, 0.29) is 6.61 Å². The van der Waals surface area contributed by atoms with Gasteiger partial charge < -0.3 is 10.4 Å². The molecule has 0 aromatic carbocycles. The molecule has 0 radical (unpaired) electrons. The Morgan fingerprint density at radius 2 is 1.50 bits per heavy atom. The van der Waals surface area contributed by atoms with Crippen molar-refractivity contribution in [3.8, 4) is 0 Å². The first-order valence-corrected chi connectivity index (χ1v) is 6.05. The van der Waals surface area contributed by atoms with Gasteiger partial charge in [-0.3, -0.25) is 0 Å². The first-order valence-electron chi connectivity index (χ1n) is 6.05. The van der Waals surface area contributed by atoms with E-state index in [0.29, 0.717) is 12.0 Å². The quantitative estimate of drug-likeness (QED) is 0.723. The van der Waals surface area contributed by atoms with Crippen molar-refractivity contribution in [2.24, 2.45) is 5.92 Å². The van der Waals surface area contributed by atoms with Crippen molar-refractivity contribution in [3.05, 3.63) is 0 Å². The third kappa shape index (κ3) is 17.9. The number of aliphatic hydroxyl groups is 1. The summed E-state index contributed by atoms with van der Waals surface area (Å²) in [4.78, 5) is 0. The molecule has 0 fully saturated rings. The van der Waals surface area contributed by atoms with Crippen LogP contribution in [0.1, 0.15) is 54.9 Å². The normalized spacial score (nSPS) is 10.9. The first-order chi connectivity index (χ1) is 6.70. The van der Waals surface area contributed by atoms with E-state index < -0.39 is 0 Å². The topological polar surface area (TPSA) is 32.3 Å². The average molecular weight is 205 g/mol. The second-order valence-corrected chi connectivity index (χ2v) is 3.07. The molecular formula is C12H31NO. The minimum absolute atomic E-state index is 0.256. The fourth-order valence-corrected chi connectivity index (χ4v) is 1.08. The molecule has 0 aromatic heterocycles. The molecule has 1 atom stereocenters.